The Labute approximate surface area is 203 Å². The van der Waals surface area contributed by atoms with E-state index in [1.807, 2.05) is 13.0 Å². The lowest BCUT2D eigenvalue weighted by Crippen LogP contribution is -2.14. The van der Waals surface area contributed by atoms with Gasteiger partial charge in [-0.15, -0.1) is 0 Å². The van der Waals surface area contributed by atoms with Crippen molar-refractivity contribution in [3.05, 3.63) is 54.4 Å². The first-order chi connectivity index (χ1) is 17.0. The summed E-state index contributed by atoms with van der Waals surface area (Å²) in [5.41, 5.74) is 2.49. The summed E-state index contributed by atoms with van der Waals surface area (Å²) in [4.78, 5) is 18.6. The SMILES string of the molecule is C=Cc1nc2nc(-c3cccc(OCC)n3)n(-c3c(OC)cccc3OC)c2nc1CN[SH](=O)=O. The van der Waals surface area contributed by atoms with Gasteiger partial charge in [-0.2, -0.15) is 0 Å². The van der Waals surface area contributed by atoms with E-state index in [4.69, 9.17) is 24.2 Å². The maximum absolute atomic E-state index is 11.1. The van der Waals surface area contributed by atoms with Gasteiger partial charge in [-0.3, -0.25) is 4.57 Å². The Kier molecular flexibility index (Phi) is 7.22. The van der Waals surface area contributed by atoms with Crippen molar-refractivity contribution in [2.75, 3.05) is 20.8 Å². The highest BCUT2D eigenvalue weighted by Gasteiger charge is 2.24. The molecule has 0 saturated carbocycles. The molecule has 0 saturated heterocycles. The number of nitrogens with zero attached hydrogens (tertiary/aromatic N) is 5. The van der Waals surface area contributed by atoms with Crippen LogP contribution in [0.2, 0.25) is 0 Å². The van der Waals surface area contributed by atoms with Gasteiger partial charge in [0.05, 0.1) is 38.8 Å². The summed E-state index contributed by atoms with van der Waals surface area (Å²) in [7, 11) is 0.268. The molecule has 4 rings (SSSR count). The third-order valence-electron chi connectivity index (χ3n) is 5.04. The molecule has 0 aliphatic carbocycles. The molecule has 0 amide bonds. The first-order valence-corrected chi connectivity index (χ1v) is 11.8. The van der Waals surface area contributed by atoms with Gasteiger partial charge in [0.25, 0.3) is 0 Å². The first-order valence-electron chi connectivity index (χ1n) is 10.6. The average molecular weight is 497 g/mol. The van der Waals surface area contributed by atoms with Crippen molar-refractivity contribution in [1.29, 1.82) is 0 Å². The number of para-hydroxylation sites is 1. The molecule has 0 atom stereocenters. The normalized spacial score (nSPS) is 11.1. The van der Waals surface area contributed by atoms with Gasteiger partial charge in [-0.05, 0) is 31.2 Å². The van der Waals surface area contributed by atoms with Gasteiger partial charge >= 0.3 is 0 Å². The van der Waals surface area contributed by atoms with Crippen LogP contribution >= 0.6 is 0 Å². The van der Waals surface area contributed by atoms with Crippen molar-refractivity contribution in [1.82, 2.24) is 29.2 Å². The second-order valence-corrected chi connectivity index (χ2v) is 7.91. The van der Waals surface area contributed by atoms with Crippen LogP contribution in [-0.4, -0.2) is 53.7 Å². The second kappa shape index (κ2) is 10.5. The summed E-state index contributed by atoms with van der Waals surface area (Å²) in [5.74, 6) is 1.86. The van der Waals surface area contributed by atoms with Gasteiger partial charge in [0.2, 0.25) is 16.8 Å². The van der Waals surface area contributed by atoms with E-state index in [1.165, 1.54) is 6.08 Å². The molecule has 1 N–H and O–H groups in total. The predicted octanol–water partition coefficient (Wildman–Crippen LogP) is 2.55. The lowest BCUT2D eigenvalue weighted by molar-refractivity contribution is 0.327. The van der Waals surface area contributed by atoms with Crippen LogP contribution in [0.1, 0.15) is 18.3 Å². The van der Waals surface area contributed by atoms with Gasteiger partial charge in [0.1, 0.15) is 22.9 Å². The Morgan fingerprint density at radius 2 is 1.74 bits per heavy atom. The van der Waals surface area contributed by atoms with Crippen molar-refractivity contribution in [2.45, 2.75) is 13.5 Å². The lowest BCUT2D eigenvalue weighted by Gasteiger charge is -2.16. The molecule has 0 spiro atoms. The Balaban J connectivity index is 2.08. The number of methoxy groups -OCH3 is 2. The number of ether oxygens (including phenoxy) is 3. The first kappa shape index (κ1) is 24.1. The third kappa shape index (κ3) is 4.79. The minimum atomic E-state index is -2.83. The summed E-state index contributed by atoms with van der Waals surface area (Å²) in [6.07, 6.45) is 1.50. The van der Waals surface area contributed by atoms with Crippen LogP contribution in [0.25, 0.3) is 34.6 Å². The topological polar surface area (TPSA) is 130 Å². The van der Waals surface area contributed by atoms with Crippen molar-refractivity contribution in [3.63, 3.8) is 0 Å². The molecule has 0 unspecified atom stereocenters. The Hall–Kier alpha value is -4.03. The van der Waals surface area contributed by atoms with E-state index in [-0.39, 0.29) is 6.54 Å². The third-order valence-corrected chi connectivity index (χ3v) is 5.45. The van der Waals surface area contributed by atoms with E-state index in [0.29, 0.717) is 63.9 Å². The molecule has 0 radical (unpaired) electrons. The van der Waals surface area contributed by atoms with Crippen LogP contribution in [0.4, 0.5) is 0 Å². The number of fused-ring (bicyclic) bond motifs is 1. The number of nitrogens with one attached hydrogen (secondary N) is 1. The molecule has 11 nitrogen and oxygen atoms in total. The number of rotatable bonds is 10. The lowest BCUT2D eigenvalue weighted by atomic mass is 10.2. The maximum atomic E-state index is 11.1. The Morgan fingerprint density at radius 3 is 2.37 bits per heavy atom. The molecular weight excluding hydrogens is 472 g/mol. The summed E-state index contributed by atoms with van der Waals surface area (Å²) in [6, 6.07) is 10.7. The number of benzene rings is 1. The monoisotopic (exact) mass is 496 g/mol. The van der Waals surface area contributed by atoms with E-state index in [2.05, 4.69) is 21.3 Å². The standard InChI is InChI=1S/C23H24N6O5S/c1-5-14-16(13-24-35(30)31)27-23-21(26-14)28-22(15-9-7-12-19(25-15)34-6-2)29(23)20-17(32-3)10-8-11-18(20)33-4/h5,7-12,35H,1,6,13H2,2-4H3,(H,24,30,31). The number of imidazole rings is 1. The van der Waals surface area contributed by atoms with Crippen LogP contribution < -0.4 is 18.9 Å². The zero-order chi connectivity index (χ0) is 24.9. The highest BCUT2D eigenvalue weighted by atomic mass is 32.2. The number of thiol groups is 1. The zero-order valence-corrected chi connectivity index (χ0v) is 20.3. The van der Waals surface area contributed by atoms with Crippen molar-refractivity contribution < 1.29 is 22.6 Å². The minimum absolute atomic E-state index is 0.0648. The van der Waals surface area contributed by atoms with Crippen molar-refractivity contribution in [3.8, 4) is 34.6 Å². The minimum Gasteiger partial charge on any atom is -0.494 e. The highest BCUT2D eigenvalue weighted by molar-refractivity contribution is 7.70. The van der Waals surface area contributed by atoms with Crippen molar-refractivity contribution in [2.24, 2.45) is 0 Å². The van der Waals surface area contributed by atoms with Crippen LogP contribution in [0.5, 0.6) is 17.4 Å². The fourth-order valence-corrected chi connectivity index (χ4v) is 3.85. The molecule has 4 aromatic rings. The predicted molar refractivity (Wildman–Crippen MR) is 131 cm³/mol. The van der Waals surface area contributed by atoms with Crippen LogP contribution in [-0.2, 0) is 17.4 Å². The van der Waals surface area contributed by atoms with Gasteiger partial charge in [-0.1, -0.05) is 18.7 Å². The van der Waals surface area contributed by atoms with E-state index in [9.17, 15) is 8.42 Å². The molecular formula is C23H24N6O5S. The molecule has 182 valence electrons. The van der Waals surface area contributed by atoms with E-state index in [1.54, 1.807) is 49.1 Å². The molecule has 0 aliphatic rings. The molecule has 1 aromatic carbocycles. The maximum Gasteiger partial charge on any atom is 0.213 e. The summed E-state index contributed by atoms with van der Waals surface area (Å²) >= 11 is 0. The second-order valence-electron chi connectivity index (χ2n) is 7.07. The number of hydrogen-bond donors (Lipinski definition) is 2. The number of hydrogen-bond acceptors (Lipinski definition) is 9. The summed E-state index contributed by atoms with van der Waals surface area (Å²) < 4.78 is 43.2. The zero-order valence-electron chi connectivity index (χ0n) is 19.4. The Morgan fingerprint density at radius 1 is 1.03 bits per heavy atom. The van der Waals surface area contributed by atoms with E-state index >= 15 is 0 Å². The fraction of sp³-hybridized carbons (Fsp3) is 0.217. The molecule has 12 heteroatoms. The van der Waals surface area contributed by atoms with Gasteiger partial charge in [0, 0.05) is 6.07 Å². The highest BCUT2D eigenvalue weighted by Crippen LogP contribution is 2.38. The molecule has 3 heterocycles. The van der Waals surface area contributed by atoms with Crippen LogP contribution in [0.3, 0.4) is 0 Å². The molecule has 3 aromatic heterocycles. The van der Waals surface area contributed by atoms with Crippen LogP contribution in [0.15, 0.2) is 43.0 Å². The fourth-order valence-electron chi connectivity index (χ4n) is 3.58. The Bertz CT molecular complexity index is 1440. The molecule has 0 aliphatic heterocycles. The quantitative estimate of drug-likeness (QED) is 0.318. The average Bonchev–Trinajstić information content (AvgIpc) is 3.24. The summed E-state index contributed by atoms with van der Waals surface area (Å²) in [6.45, 7) is 6.04. The number of pyridine rings is 1. The largest absolute Gasteiger partial charge is 0.494 e. The van der Waals surface area contributed by atoms with E-state index in [0.717, 1.165) is 0 Å². The van der Waals surface area contributed by atoms with Gasteiger partial charge in [-0.25, -0.2) is 33.1 Å². The number of aromatic nitrogens is 5. The smallest absolute Gasteiger partial charge is 0.213 e. The van der Waals surface area contributed by atoms with Gasteiger partial charge in [0.15, 0.2) is 17.1 Å². The van der Waals surface area contributed by atoms with Crippen molar-refractivity contribution >= 4 is 28.3 Å². The van der Waals surface area contributed by atoms with Crippen LogP contribution in [0, 0.1) is 0 Å². The summed E-state index contributed by atoms with van der Waals surface area (Å²) in [5, 5.41) is 0. The molecule has 35 heavy (non-hydrogen) atoms. The molecule has 0 bridgehead atoms. The molecule has 0 fully saturated rings. The van der Waals surface area contributed by atoms with Gasteiger partial charge < -0.3 is 14.2 Å². The van der Waals surface area contributed by atoms with E-state index < -0.39 is 10.9 Å².